The molecule has 2 rings (SSSR count). The predicted molar refractivity (Wildman–Crippen MR) is 64.3 cm³/mol. The summed E-state index contributed by atoms with van der Waals surface area (Å²) in [5, 5.41) is 9.64. The Labute approximate surface area is 106 Å². The van der Waals surface area contributed by atoms with E-state index in [0.717, 1.165) is 19.4 Å². The van der Waals surface area contributed by atoms with Gasteiger partial charge in [0.15, 0.2) is 0 Å². The van der Waals surface area contributed by atoms with Gasteiger partial charge in [-0.1, -0.05) is 11.6 Å². The van der Waals surface area contributed by atoms with Gasteiger partial charge in [0, 0.05) is 18.4 Å². The van der Waals surface area contributed by atoms with Crippen LogP contribution >= 0.6 is 11.6 Å². The summed E-state index contributed by atoms with van der Waals surface area (Å²) in [6, 6.07) is 0. The maximum Gasteiger partial charge on any atom is 0.144 e. The maximum absolute atomic E-state index is 9.21. The van der Waals surface area contributed by atoms with Gasteiger partial charge in [-0.05, 0) is 19.3 Å². The molecule has 0 saturated carbocycles. The lowest BCUT2D eigenvalue weighted by atomic mass is 10.1. The molecule has 5 heteroatoms. The number of aliphatic hydroxyl groups is 1. The number of halogens is 1. The summed E-state index contributed by atoms with van der Waals surface area (Å²) in [6.07, 6.45) is 6.51. The fourth-order valence-electron chi connectivity index (χ4n) is 1.84. The zero-order chi connectivity index (χ0) is 12.1. The Balaban J connectivity index is 1.95. The molecule has 0 bridgehead atoms. The van der Waals surface area contributed by atoms with Crippen molar-refractivity contribution in [2.45, 2.75) is 32.0 Å². The minimum absolute atomic E-state index is 0.134. The van der Waals surface area contributed by atoms with Gasteiger partial charge >= 0.3 is 0 Å². The van der Waals surface area contributed by atoms with Crippen molar-refractivity contribution in [3.8, 4) is 5.75 Å². The third-order valence-electron chi connectivity index (χ3n) is 2.82. The molecule has 1 N–H and O–H groups in total. The highest BCUT2D eigenvalue weighted by Crippen LogP contribution is 2.25. The predicted octanol–water partition coefficient (Wildman–Crippen LogP) is 2.18. The Morgan fingerprint density at radius 1 is 1.47 bits per heavy atom. The maximum atomic E-state index is 9.21. The van der Waals surface area contributed by atoms with Crippen LogP contribution in [0.2, 0.25) is 5.02 Å². The number of hydrogen-bond donors (Lipinski definition) is 1. The van der Waals surface area contributed by atoms with Gasteiger partial charge in [-0.3, -0.25) is 4.98 Å². The molecule has 1 aliphatic rings. The summed E-state index contributed by atoms with van der Waals surface area (Å²) in [7, 11) is 0. The Morgan fingerprint density at radius 3 is 3.06 bits per heavy atom. The number of hydrogen-bond acceptors (Lipinski definition) is 4. The molecule has 0 radical (unpaired) electrons. The molecule has 0 amide bonds. The van der Waals surface area contributed by atoms with Gasteiger partial charge in [0.1, 0.15) is 12.4 Å². The minimum atomic E-state index is -0.151. The van der Waals surface area contributed by atoms with Crippen molar-refractivity contribution in [3.05, 3.63) is 23.0 Å². The molecule has 4 nitrogen and oxygen atoms in total. The van der Waals surface area contributed by atoms with Gasteiger partial charge in [0.2, 0.25) is 0 Å². The first-order valence-electron chi connectivity index (χ1n) is 5.79. The van der Waals surface area contributed by atoms with E-state index in [1.807, 2.05) is 0 Å². The van der Waals surface area contributed by atoms with E-state index in [4.69, 9.17) is 21.1 Å². The van der Waals surface area contributed by atoms with Crippen LogP contribution < -0.4 is 4.74 Å². The van der Waals surface area contributed by atoms with E-state index in [9.17, 15) is 5.11 Å². The lowest BCUT2D eigenvalue weighted by molar-refractivity contribution is -0.0114. The van der Waals surface area contributed by atoms with Crippen molar-refractivity contribution < 1.29 is 14.6 Å². The highest BCUT2D eigenvalue weighted by Gasteiger charge is 2.16. The molecule has 94 valence electrons. The van der Waals surface area contributed by atoms with Gasteiger partial charge in [-0.15, -0.1) is 0 Å². The molecule has 1 aromatic heterocycles. The normalized spacial score (nSPS) is 20.2. The van der Waals surface area contributed by atoms with Crippen molar-refractivity contribution in [3.63, 3.8) is 0 Å². The van der Waals surface area contributed by atoms with Gasteiger partial charge < -0.3 is 14.6 Å². The second-order valence-electron chi connectivity index (χ2n) is 4.06. The fraction of sp³-hybridized carbons (Fsp3) is 0.583. The van der Waals surface area contributed by atoms with E-state index in [1.165, 1.54) is 12.6 Å². The molecule has 1 fully saturated rings. The Hall–Kier alpha value is -0.840. The summed E-state index contributed by atoms with van der Waals surface area (Å²) < 4.78 is 11.2. The largest absolute Gasteiger partial charge is 0.489 e. The molecule has 1 aliphatic heterocycles. The van der Waals surface area contributed by atoms with Crippen LogP contribution in [0.5, 0.6) is 5.75 Å². The third-order valence-corrected chi connectivity index (χ3v) is 3.15. The van der Waals surface area contributed by atoms with Crippen LogP contribution in [0.15, 0.2) is 12.4 Å². The summed E-state index contributed by atoms with van der Waals surface area (Å²) in [4.78, 5) is 3.95. The Bertz CT molecular complexity index is 367. The zero-order valence-corrected chi connectivity index (χ0v) is 10.3. The van der Waals surface area contributed by atoms with E-state index in [0.29, 0.717) is 22.9 Å². The van der Waals surface area contributed by atoms with Crippen LogP contribution in [0.3, 0.4) is 0 Å². The molecule has 17 heavy (non-hydrogen) atoms. The van der Waals surface area contributed by atoms with Gasteiger partial charge in [0.25, 0.3) is 0 Å². The third kappa shape index (κ3) is 3.31. The lowest BCUT2D eigenvalue weighted by Crippen LogP contribution is -2.26. The molecule has 0 aromatic carbocycles. The standard InChI is InChI=1S/C12H16ClNO3/c13-11-5-14-6-12(10(11)7-15)17-8-9-3-1-2-4-16-9/h5-6,9,15H,1-4,7-8H2. The van der Waals surface area contributed by atoms with E-state index in [-0.39, 0.29) is 12.7 Å². The average molecular weight is 258 g/mol. The number of rotatable bonds is 4. The summed E-state index contributed by atoms with van der Waals surface area (Å²) in [5.74, 6) is 0.536. The Kier molecular flexibility index (Phi) is 4.59. The number of aromatic nitrogens is 1. The number of aliphatic hydroxyl groups excluding tert-OH is 1. The lowest BCUT2D eigenvalue weighted by Gasteiger charge is -2.23. The molecule has 1 atom stereocenters. The zero-order valence-electron chi connectivity index (χ0n) is 9.56. The highest BCUT2D eigenvalue weighted by molar-refractivity contribution is 6.31. The summed E-state index contributed by atoms with van der Waals surface area (Å²) in [6.45, 7) is 1.13. The molecule has 1 saturated heterocycles. The fourth-order valence-corrected chi connectivity index (χ4v) is 2.05. The van der Waals surface area contributed by atoms with E-state index in [2.05, 4.69) is 4.98 Å². The van der Waals surface area contributed by atoms with E-state index >= 15 is 0 Å². The van der Waals surface area contributed by atoms with E-state index in [1.54, 1.807) is 6.20 Å². The second kappa shape index (κ2) is 6.19. The van der Waals surface area contributed by atoms with Crippen molar-refractivity contribution in [1.29, 1.82) is 0 Å². The Morgan fingerprint density at radius 2 is 2.35 bits per heavy atom. The van der Waals surface area contributed by atoms with Crippen molar-refractivity contribution >= 4 is 11.6 Å². The first kappa shape index (κ1) is 12.6. The topological polar surface area (TPSA) is 51.6 Å². The van der Waals surface area contributed by atoms with Crippen LogP contribution in [-0.2, 0) is 11.3 Å². The summed E-state index contributed by atoms with van der Waals surface area (Å²) in [5.41, 5.74) is 0.581. The number of nitrogens with zero attached hydrogens (tertiary/aromatic N) is 1. The van der Waals surface area contributed by atoms with Crippen LogP contribution in [0.4, 0.5) is 0 Å². The van der Waals surface area contributed by atoms with Crippen molar-refractivity contribution in [1.82, 2.24) is 4.98 Å². The quantitative estimate of drug-likeness (QED) is 0.898. The SMILES string of the molecule is OCc1c(Cl)cncc1OCC1CCCCO1. The van der Waals surface area contributed by atoms with Gasteiger partial charge in [0.05, 0.1) is 23.9 Å². The number of ether oxygens (including phenoxy) is 2. The van der Waals surface area contributed by atoms with Crippen LogP contribution in [-0.4, -0.2) is 29.4 Å². The second-order valence-corrected chi connectivity index (χ2v) is 4.46. The molecule has 0 aliphatic carbocycles. The van der Waals surface area contributed by atoms with Crippen molar-refractivity contribution in [2.75, 3.05) is 13.2 Å². The minimum Gasteiger partial charge on any atom is -0.489 e. The first-order chi connectivity index (χ1) is 8.31. The molecular formula is C12H16ClNO3. The van der Waals surface area contributed by atoms with Gasteiger partial charge in [-0.2, -0.15) is 0 Å². The summed E-state index contributed by atoms with van der Waals surface area (Å²) >= 11 is 5.92. The van der Waals surface area contributed by atoms with E-state index < -0.39 is 0 Å². The van der Waals surface area contributed by atoms with Crippen LogP contribution in [0, 0.1) is 0 Å². The molecule has 1 unspecified atom stereocenters. The number of pyridine rings is 1. The molecule has 2 heterocycles. The highest BCUT2D eigenvalue weighted by atomic mass is 35.5. The van der Waals surface area contributed by atoms with Crippen LogP contribution in [0.1, 0.15) is 24.8 Å². The van der Waals surface area contributed by atoms with Crippen LogP contribution in [0.25, 0.3) is 0 Å². The monoisotopic (exact) mass is 257 g/mol. The molecular weight excluding hydrogens is 242 g/mol. The van der Waals surface area contributed by atoms with Crippen molar-refractivity contribution in [2.24, 2.45) is 0 Å². The van der Waals surface area contributed by atoms with Gasteiger partial charge in [-0.25, -0.2) is 0 Å². The average Bonchev–Trinajstić information content (AvgIpc) is 2.37. The first-order valence-corrected chi connectivity index (χ1v) is 6.16. The smallest absolute Gasteiger partial charge is 0.144 e. The molecule has 1 aromatic rings. The molecule has 0 spiro atoms.